The molecule has 2 heterocycles. The van der Waals surface area contributed by atoms with Gasteiger partial charge in [0.15, 0.2) is 11.5 Å². The summed E-state index contributed by atoms with van der Waals surface area (Å²) >= 11 is 0. The van der Waals surface area contributed by atoms with Crippen molar-refractivity contribution in [2.75, 3.05) is 19.8 Å². The van der Waals surface area contributed by atoms with Crippen molar-refractivity contribution >= 4 is 5.97 Å². The van der Waals surface area contributed by atoms with Crippen LogP contribution in [0.3, 0.4) is 0 Å². The SMILES string of the molecule is CCOC(=O)c1noc(CC)c1C1(C)OCC(C)(C)CO1. The van der Waals surface area contributed by atoms with Gasteiger partial charge in [0.1, 0.15) is 5.76 Å². The summed E-state index contributed by atoms with van der Waals surface area (Å²) in [4.78, 5) is 12.1. The predicted molar refractivity (Wildman–Crippen MR) is 74.9 cm³/mol. The number of carbonyl (C=O) groups is 1. The first-order chi connectivity index (χ1) is 9.83. The predicted octanol–water partition coefficient (Wildman–Crippen LogP) is 2.66. The van der Waals surface area contributed by atoms with E-state index in [9.17, 15) is 4.79 Å². The molecule has 0 atom stereocenters. The lowest BCUT2D eigenvalue weighted by molar-refractivity contribution is -0.298. The van der Waals surface area contributed by atoms with Crippen molar-refractivity contribution < 1.29 is 23.5 Å². The zero-order valence-corrected chi connectivity index (χ0v) is 13.3. The van der Waals surface area contributed by atoms with Crippen molar-refractivity contribution in [2.45, 2.75) is 46.8 Å². The quantitative estimate of drug-likeness (QED) is 0.796. The maximum Gasteiger partial charge on any atom is 0.361 e. The summed E-state index contributed by atoms with van der Waals surface area (Å²) in [6.45, 7) is 10.9. The minimum Gasteiger partial charge on any atom is -0.461 e. The Bertz CT molecular complexity index is 510. The van der Waals surface area contributed by atoms with E-state index < -0.39 is 11.8 Å². The molecule has 0 radical (unpaired) electrons. The standard InChI is InChI=1S/C15H23NO5/c1-6-10-11(12(16-21-10)13(17)18-7-2)15(5)19-8-14(3,4)9-20-15/h6-9H2,1-5H3. The molecule has 0 aromatic carbocycles. The third-order valence-corrected chi connectivity index (χ3v) is 3.48. The van der Waals surface area contributed by atoms with Crippen molar-refractivity contribution in [1.29, 1.82) is 0 Å². The zero-order chi connectivity index (χ0) is 15.7. The van der Waals surface area contributed by atoms with Crippen LogP contribution in [0.4, 0.5) is 0 Å². The van der Waals surface area contributed by atoms with Crippen molar-refractivity contribution in [3.8, 4) is 0 Å². The van der Waals surface area contributed by atoms with Crippen LogP contribution in [0.25, 0.3) is 0 Å². The minimum atomic E-state index is -1.04. The van der Waals surface area contributed by atoms with Crippen LogP contribution in [0.1, 0.15) is 56.4 Å². The maximum absolute atomic E-state index is 12.1. The summed E-state index contributed by atoms with van der Waals surface area (Å²) in [5, 5.41) is 3.85. The van der Waals surface area contributed by atoms with Gasteiger partial charge >= 0.3 is 5.97 Å². The molecule has 6 nitrogen and oxygen atoms in total. The van der Waals surface area contributed by atoms with Gasteiger partial charge in [-0.25, -0.2) is 4.79 Å². The highest BCUT2D eigenvalue weighted by Gasteiger charge is 2.44. The summed E-state index contributed by atoms with van der Waals surface area (Å²) in [5.41, 5.74) is 0.613. The molecule has 0 aliphatic carbocycles. The molecule has 118 valence electrons. The molecule has 1 aliphatic heterocycles. The molecule has 1 aromatic rings. The Morgan fingerprint density at radius 2 is 1.86 bits per heavy atom. The fraction of sp³-hybridized carbons (Fsp3) is 0.733. The van der Waals surface area contributed by atoms with Crippen LogP contribution in [0.5, 0.6) is 0 Å². The molecule has 1 fully saturated rings. The molecule has 0 N–H and O–H groups in total. The lowest BCUT2D eigenvalue weighted by Gasteiger charge is -2.41. The van der Waals surface area contributed by atoms with Crippen molar-refractivity contribution in [1.82, 2.24) is 5.16 Å². The highest BCUT2D eigenvalue weighted by Crippen LogP contribution is 2.39. The smallest absolute Gasteiger partial charge is 0.361 e. The first-order valence-corrected chi connectivity index (χ1v) is 7.27. The van der Waals surface area contributed by atoms with Crippen LogP contribution in [-0.4, -0.2) is 30.9 Å². The van der Waals surface area contributed by atoms with Crippen molar-refractivity contribution in [2.24, 2.45) is 5.41 Å². The number of hydrogen-bond acceptors (Lipinski definition) is 6. The number of aryl methyl sites for hydroxylation is 1. The topological polar surface area (TPSA) is 70.8 Å². The number of hydrogen-bond donors (Lipinski definition) is 0. The molecule has 0 saturated carbocycles. The summed E-state index contributed by atoms with van der Waals surface area (Å²) in [6, 6.07) is 0. The van der Waals surface area contributed by atoms with Crippen LogP contribution in [0.15, 0.2) is 4.52 Å². The maximum atomic E-state index is 12.1. The van der Waals surface area contributed by atoms with E-state index in [0.717, 1.165) is 0 Å². The van der Waals surface area contributed by atoms with Crippen LogP contribution in [0, 0.1) is 5.41 Å². The highest BCUT2D eigenvalue weighted by molar-refractivity contribution is 5.89. The first-order valence-electron chi connectivity index (χ1n) is 7.27. The lowest BCUT2D eigenvalue weighted by atomic mass is 9.93. The van der Waals surface area contributed by atoms with Gasteiger partial charge in [0, 0.05) is 11.8 Å². The fourth-order valence-corrected chi connectivity index (χ4v) is 2.27. The van der Waals surface area contributed by atoms with Gasteiger partial charge in [-0.05, 0) is 13.8 Å². The fourth-order valence-electron chi connectivity index (χ4n) is 2.27. The summed E-state index contributed by atoms with van der Waals surface area (Å²) < 4.78 is 22.1. The Kier molecular flexibility index (Phi) is 4.39. The molecule has 0 spiro atoms. The largest absolute Gasteiger partial charge is 0.461 e. The molecule has 6 heteroatoms. The first kappa shape index (κ1) is 16.0. The van der Waals surface area contributed by atoms with Gasteiger partial charge in [0.05, 0.1) is 25.4 Å². The Balaban J connectivity index is 2.37. The highest BCUT2D eigenvalue weighted by atomic mass is 16.7. The van der Waals surface area contributed by atoms with Gasteiger partial charge in [0.25, 0.3) is 0 Å². The van der Waals surface area contributed by atoms with Crippen LogP contribution in [0.2, 0.25) is 0 Å². The van der Waals surface area contributed by atoms with Crippen LogP contribution in [-0.2, 0) is 26.4 Å². The van der Waals surface area contributed by atoms with Crippen LogP contribution < -0.4 is 0 Å². The normalized spacial score (nSPS) is 20.2. The molecule has 1 aromatic heterocycles. The van der Waals surface area contributed by atoms with E-state index in [1.807, 2.05) is 6.92 Å². The van der Waals surface area contributed by atoms with Crippen LogP contribution >= 0.6 is 0 Å². The molecule has 0 unspecified atom stereocenters. The van der Waals surface area contributed by atoms with Gasteiger partial charge in [-0.1, -0.05) is 25.9 Å². The van der Waals surface area contributed by atoms with E-state index in [2.05, 4.69) is 19.0 Å². The summed E-state index contributed by atoms with van der Waals surface area (Å²) in [6.07, 6.45) is 0.591. The van der Waals surface area contributed by atoms with E-state index in [1.54, 1.807) is 13.8 Å². The number of ether oxygens (including phenoxy) is 3. The van der Waals surface area contributed by atoms with Gasteiger partial charge in [-0.3, -0.25) is 0 Å². The summed E-state index contributed by atoms with van der Waals surface area (Å²) in [7, 11) is 0. The summed E-state index contributed by atoms with van der Waals surface area (Å²) in [5.74, 6) is -0.974. The second kappa shape index (κ2) is 5.77. The van der Waals surface area contributed by atoms with Gasteiger partial charge < -0.3 is 18.7 Å². The molecule has 1 saturated heterocycles. The Morgan fingerprint density at radius 1 is 1.24 bits per heavy atom. The van der Waals surface area contributed by atoms with E-state index in [0.29, 0.717) is 31.0 Å². The number of rotatable bonds is 4. The van der Waals surface area contributed by atoms with E-state index >= 15 is 0 Å². The molecular weight excluding hydrogens is 274 g/mol. The second-order valence-electron chi connectivity index (χ2n) is 6.09. The molecule has 1 aliphatic rings. The molecular formula is C15H23NO5. The number of esters is 1. The molecule has 0 bridgehead atoms. The Labute approximate surface area is 124 Å². The second-order valence-corrected chi connectivity index (χ2v) is 6.09. The van der Waals surface area contributed by atoms with E-state index in [1.165, 1.54) is 0 Å². The van der Waals surface area contributed by atoms with Crippen molar-refractivity contribution in [3.63, 3.8) is 0 Å². The lowest BCUT2D eigenvalue weighted by Crippen LogP contribution is -2.44. The van der Waals surface area contributed by atoms with Crippen molar-refractivity contribution in [3.05, 3.63) is 17.0 Å². The van der Waals surface area contributed by atoms with Gasteiger partial charge in [-0.2, -0.15) is 0 Å². The Morgan fingerprint density at radius 3 is 2.38 bits per heavy atom. The third-order valence-electron chi connectivity index (χ3n) is 3.48. The molecule has 0 amide bonds. The van der Waals surface area contributed by atoms with Gasteiger partial charge in [0.2, 0.25) is 0 Å². The number of nitrogens with zero attached hydrogens (tertiary/aromatic N) is 1. The van der Waals surface area contributed by atoms with Gasteiger partial charge in [-0.15, -0.1) is 0 Å². The minimum absolute atomic E-state index is 0.0624. The average molecular weight is 297 g/mol. The third kappa shape index (κ3) is 3.11. The monoisotopic (exact) mass is 297 g/mol. The molecule has 2 rings (SSSR count). The molecule has 21 heavy (non-hydrogen) atoms. The number of carbonyl (C=O) groups excluding carboxylic acids is 1. The average Bonchev–Trinajstić information content (AvgIpc) is 2.87. The number of aromatic nitrogens is 1. The van der Waals surface area contributed by atoms with E-state index in [4.69, 9.17) is 18.7 Å². The Hall–Kier alpha value is -1.40. The zero-order valence-electron chi connectivity index (χ0n) is 13.3. The van der Waals surface area contributed by atoms with E-state index in [-0.39, 0.29) is 17.7 Å².